The largest absolute Gasteiger partial charge is 0.489 e. The van der Waals surface area contributed by atoms with E-state index in [-0.39, 0.29) is 18.2 Å². The molecule has 3 heterocycles. The second-order valence-corrected chi connectivity index (χ2v) is 8.39. The van der Waals surface area contributed by atoms with Gasteiger partial charge in [-0.3, -0.25) is 19.6 Å². The van der Waals surface area contributed by atoms with E-state index in [1.54, 1.807) is 69.7 Å². The Balaban J connectivity index is 1.48. The van der Waals surface area contributed by atoms with Crippen LogP contribution in [0.15, 0.2) is 61.1 Å². The second kappa shape index (κ2) is 9.83. The van der Waals surface area contributed by atoms with Crippen molar-refractivity contribution in [3.05, 3.63) is 72.3 Å². The van der Waals surface area contributed by atoms with Crippen LogP contribution in [0.4, 0.5) is 5.69 Å². The lowest BCUT2D eigenvalue weighted by Crippen LogP contribution is -2.49. The number of ether oxygens (including phenoxy) is 2. The van der Waals surface area contributed by atoms with Crippen LogP contribution in [0, 0.1) is 11.8 Å². The average Bonchev–Trinajstić information content (AvgIpc) is 2.95. The molecule has 0 unspecified atom stereocenters. The monoisotopic (exact) mass is 472 g/mol. The minimum absolute atomic E-state index is 0.0531. The standard InChI is InChI=1S/C26H24N4O5/c1-26(2,33)10-8-17-6-7-23-22(13-17)30(3)25(32)21(16-34-23)29-24(31)20-14-18(9-12-28-20)35-19-5-4-11-27-15-19/h4-7,9,11-15,21,33H,16H2,1-3H3,(H,29,31)/t21-/m0/s1. The van der Waals surface area contributed by atoms with Gasteiger partial charge in [-0.2, -0.15) is 0 Å². The molecule has 9 nitrogen and oxygen atoms in total. The Morgan fingerprint density at radius 1 is 1.23 bits per heavy atom. The van der Waals surface area contributed by atoms with Gasteiger partial charge in [0.2, 0.25) is 0 Å². The first-order valence-electron chi connectivity index (χ1n) is 10.8. The summed E-state index contributed by atoms with van der Waals surface area (Å²) in [5, 5.41) is 12.5. The molecule has 3 aromatic rings. The predicted molar refractivity (Wildman–Crippen MR) is 128 cm³/mol. The number of amides is 2. The summed E-state index contributed by atoms with van der Waals surface area (Å²) < 4.78 is 11.5. The van der Waals surface area contributed by atoms with E-state index in [0.29, 0.717) is 28.5 Å². The van der Waals surface area contributed by atoms with Gasteiger partial charge in [0, 0.05) is 31.1 Å². The topological polar surface area (TPSA) is 114 Å². The molecule has 0 bridgehead atoms. The van der Waals surface area contributed by atoms with Crippen LogP contribution in [0.1, 0.15) is 29.9 Å². The SMILES string of the molecule is CN1C(=O)[C@@H](NC(=O)c2cc(Oc3cccnc3)ccn2)COc2ccc(C#CC(C)(C)O)cc21. The molecule has 0 radical (unpaired) electrons. The molecule has 0 saturated carbocycles. The van der Waals surface area contributed by atoms with Gasteiger partial charge in [0.25, 0.3) is 11.8 Å². The van der Waals surface area contributed by atoms with Crippen molar-refractivity contribution < 1.29 is 24.2 Å². The zero-order valence-corrected chi connectivity index (χ0v) is 19.5. The Labute approximate surface area is 202 Å². The molecule has 0 fully saturated rings. The molecule has 178 valence electrons. The summed E-state index contributed by atoms with van der Waals surface area (Å²) in [6, 6.07) is 10.8. The number of benzene rings is 1. The first-order chi connectivity index (χ1) is 16.7. The summed E-state index contributed by atoms with van der Waals surface area (Å²) in [7, 11) is 1.60. The third kappa shape index (κ3) is 5.93. The first-order valence-corrected chi connectivity index (χ1v) is 10.8. The molecular weight excluding hydrogens is 448 g/mol. The van der Waals surface area contributed by atoms with E-state index in [4.69, 9.17) is 9.47 Å². The van der Waals surface area contributed by atoms with Crippen molar-refractivity contribution in [2.45, 2.75) is 25.5 Å². The van der Waals surface area contributed by atoms with Gasteiger partial charge in [-0.1, -0.05) is 11.8 Å². The van der Waals surface area contributed by atoms with E-state index in [1.807, 2.05) is 0 Å². The van der Waals surface area contributed by atoms with Crippen molar-refractivity contribution in [2.24, 2.45) is 0 Å². The summed E-state index contributed by atoms with van der Waals surface area (Å²) in [6.07, 6.45) is 4.63. The molecule has 1 atom stereocenters. The number of carbonyl (C=O) groups excluding carboxylic acids is 2. The second-order valence-electron chi connectivity index (χ2n) is 8.39. The van der Waals surface area contributed by atoms with Gasteiger partial charge >= 0.3 is 0 Å². The highest BCUT2D eigenvalue weighted by Crippen LogP contribution is 2.31. The lowest BCUT2D eigenvalue weighted by Gasteiger charge is -2.20. The third-order valence-corrected chi connectivity index (χ3v) is 5.01. The number of carbonyl (C=O) groups is 2. The fourth-order valence-electron chi connectivity index (χ4n) is 3.28. The van der Waals surface area contributed by atoms with E-state index in [2.05, 4.69) is 27.1 Å². The molecule has 2 N–H and O–H groups in total. The van der Waals surface area contributed by atoms with Crippen LogP contribution in [0.25, 0.3) is 0 Å². The molecule has 0 spiro atoms. The van der Waals surface area contributed by atoms with Crippen LogP contribution in [-0.2, 0) is 4.79 Å². The Morgan fingerprint density at radius 3 is 2.80 bits per heavy atom. The summed E-state index contributed by atoms with van der Waals surface area (Å²) >= 11 is 0. The lowest BCUT2D eigenvalue weighted by molar-refractivity contribution is -0.120. The summed E-state index contributed by atoms with van der Waals surface area (Å²) in [5.74, 6) is 6.15. The van der Waals surface area contributed by atoms with E-state index in [0.717, 1.165) is 0 Å². The number of hydrogen-bond acceptors (Lipinski definition) is 7. The highest BCUT2D eigenvalue weighted by Gasteiger charge is 2.31. The van der Waals surface area contributed by atoms with Crippen LogP contribution < -0.4 is 19.7 Å². The van der Waals surface area contributed by atoms with Crippen LogP contribution >= 0.6 is 0 Å². The quantitative estimate of drug-likeness (QED) is 0.561. The minimum Gasteiger partial charge on any atom is -0.489 e. The van der Waals surface area contributed by atoms with Crippen molar-refractivity contribution in [3.63, 3.8) is 0 Å². The Bertz CT molecular complexity index is 1310. The molecule has 2 amide bonds. The van der Waals surface area contributed by atoms with Crippen LogP contribution in [-0.4, -0.2) is 52.2 Å². The van der Waals surface area contributed by atoms with Gasteiger partial charge in [0.1, 0.15) is 41.2 Å². The maximum Gasteiger partial charge on any atom is 0.270 e. The molecule has 9 heteroatoms. The number of rotatable bonds is 4. The molecule has 2 aromatic heterocycles. The number of hydrogen-bond donors (Lipinski definition) is 2. The summed E-state index contributed by atoms with van der Waals surface area (Å²) in [5.41, 5.74) is 0.0766. The van der Waals surface area contributed by atoms with Crippen molar-refractivity contribution in [3.8, 4) is 29.1 Å². The molecule has 1 aliphatic rings. The predicted octanol–water partition coefficient (Wildman–Crippen LogP) is 2.55. The summed E-state index contributed by atoms with van der Waals surface area (Å²) in [6.45, 7) is 3.12. The van der Waals surface area contributed by atoms with E-state index in [9.17, 15) is 14.7 Å². The Hall–Kier alpha value is -4.42. The van der Waals surface area contributed by atoms with E-state index in [1.165, 1.54) is 17.2 Å². The highest BCUT2D eigenvalue weighted by molar-refractivity contribution is 6.03. The number of likely N-dealkylation sites (N-methyl/N-ethyl adjacent to an activating group) is 1. The van der Waals surface area contributed by atoms with Gasteiger partial charge in [-0.05, 0) is 50.2 Å². The van der Waals surface area contributed by atoms with E-state index >= 15 is 0 Å². The fourth-order valence-corrected chi connectivity index (χ4v) is 3.28. The average molecular weight is 473 g/mol. The van der Waals surface area contributed by atoms with Crippen molar-refractivity contribution >= 4 is 17.5 Å². The van der Waals surface area contributed by atoms with Gasteiger partial charge < -0.3 is 24.8 Å². The first kappa shape index (κ1) is 23.7. The molecule has 0 aliphatic carbocycles. The lowest BCUT2D eigenvalue weighted by atomic mass is 10.1. The number of anilines is 1. The number of pyridine rings is 2. The highest BCUT2D eigenvalue weighted by atomic mass is 16.5. The molecule has 0 saturated heterocycles. The van der Waals surface area contributed by atoms with Crippen molar-refractivity contribution in [1.29, 1.82) is 0 Å². The molecule has 1 aromatic carbocycles. The van der Waals surface area contributed by atoms with Gasteiger partial charge in [0.15, 0.2) is 0 Å². The van der Waals surface area contributed by atoms with Gasteiger partial charge in [0.05, 0.1) is 11.9 Å². The maximum atomic E-state index is 13.1. The Kier molecular flexibility index (Phi) is 6.66. The van der Waals surface area contributed by atoms with Gasteiger partial charge in [-0.25, -0.2) is 0 Å². The normalized spacial score (nSPS) is 15.1. The number of aliphatic hydroxyl groups is 1. The van der Waals surface area contributed by atoms with Crippen LogP contribution in [0.3, 0.4) is 0 Å². The third-order valence-electron chi connectivity index (χ3n) is 5.01. The molecule has 35 heavy (non-hydrogen) atoms. The zero-order chi connectivity index (χ0) is 25.0. The molecule has 1 aliphatic heterocycles. The van der Waals surface area contributed by atoms with Gasteiger partial charge in [-0.15, -0.1) is 0 Å². The molecular formula is C26H24N4O5. The van der Waals surface area contributed by atoms with Crippen LogP contribution in [0.2, 0.25) is 0 Å². The van der Waals surface area contributed by atoms with Crippen LogP contribution in [0.5, 0.6) is 17.2 Å². The minimum atomic E-state index is -1.14. The number of nitrogens with zero attached hydrogens (tertiary/aromatic N) is 3. The summed E-state index contributed by atoms with van der Waals surface area (Å²) in [4.78, 5) is 35.5. The smallest absolute Gasteiger partial charge is 0.270 e. The van der Waals surface area contributed by atoms with Crippen molar-refractivity contribution in [1.82, 2.24) is 15.3 Å². The van der Waals surface area contributed by atoms with E-state index < -0.39 is 17.6 Å². The zero-order valence-electron chi connectivity index (χ0n) is 19.5. The maximum absolute atomic E-state index is 13.1. The number of fused-ring (bicyclic) bond motifs is 1. The fraction of sp³-hybridized carbons (Fsp3) is 0.231. The Morgan fingerprint density at radius 2 is 2.06 bits per heavy atom. The number of aromatic nitrogens is 2. The number of nitrogens with one attached hydrogen (secondary N) is 1. The molecule has 4 rings (SSSR count). The van der Waals surface area contributed by atoms with Crippen molar-refractivity contribution in [2.75, 3.05) is 18.6 Å².